The van der Waals surface area contributed by atoms with Gasteiger partial charge in [0.05, 0.1) is 5.69 Å². The number of fused-ring (bicyclic) bond motifs is 3. The van der Waals surface area contributed by atoms with Crippen LogP contribution in [0.2, 0.25) is 0 Å². The monoisotopic (exact) mass is 555 g/mol. The summed E-state index contributed by atoms with van der Waals surface area (Å²) in [5, 5.41) is 4.47. The molecule has 2 aliphatic rings. The number of amides is 2. The van der Waals surface area contributed by atoms with Crippen molar-refractivity contribution in [2.24, 2.45) is 13.0 Å². The number of carbonyl (C=O) groups excluding carboxylic acids is 2. The highest BCUT2D eigenvalue weighted by Crippen LogP contribution is 2.32. The molecule has 2 atom stereocenters. The van der Waals surface area contributed by atoms with E-state index in [1.54, 1.807) is 0 Å². The maximum absolute atomic E-state index is 14.0. The van der Waals surface area contributed by atoms with Crippen LogP contribution < -0.4 is 4.90 Å². The number of hydrogen-bond acceptors (Lipinski definition) is 4. The van der Waals surface area contributed by atoms with Crippen LogP contribution in [0.5, 0.6) is 0 Å². The lowest BCUT2D eigenvalue weighted by Gasteiger charge is -2.44. The van der Waals surface area contributed by atoms with Crippen molar-refractivity contribution in [3.8, 4) is 0 Å². The average molecular weight is 556 g/mol. The molecular weight excluding hydrogens is 510 g/mol. The van der Waals surface area contributed by atoms with E-state index in [0.717, 1.165) is 54.7 Å². The van der Waals surface area contributed by atoms with Gasteiger partial charge in [-0.05, 0) is 55.4 Å². The molecule has 7 nitrogen and oxygen atoms in total. The lowest BCUT2D eigenvalue weighted by molar-refractivity contribution is -0.133. The molecule has 2 unspecified atom stereocenters. The summed E-state index contributed by atoms with van der Waals surface area (Å²) in [6, 6.07) is 19.5. The Hall–Kier alpha value is -3.45. The van der Waals surface area contributed by atoms with Crippen LogP contribution in [0.15, 0.2) is 60.8 Å². The molecule has 41 heavy (non-hydrogen) atoms. The van der Waals surface area contributed by atoms with E-state index in [0.29, 0.717) is 38.5 Å². The molecule has 1 fully saturated rings. The number of anilines is 1. The third-order valence-corrected chi connectivity index (χ3v) is 8.82. The highest BCUT2D eigenvalue weighted by Gasteiger charge is 2.35. The minimum atomic E-state index is -0.104. The van der Waals surface area contributed by atoms with Gasteiger partial charge in [-0.25, -0.2) is 0 Å². The summed E-state index contributed by atoms with van der Waals surface area (Å²) >= 11 is 0. The van der Waals surface area contributed by atoms with Crippen molar-refractivity contribution in [1.82, 2.24) is 19.6 Å². The molecule has 2 aliphatic heterocycles. The van der Waals surface area contributed by atoms with Crippen LogP contribution in [0.1, 0.15) is 68.3 Å². The topological polar surface area (TPSA) is 61.7 Å². The molecule has 2 amide bonds. The van der Waals surface area contributed by atoms with Crippen molar-refractivity contribution in [2.75, 3.05) is 18.0 Å². The zero-order valence-electron chi connectivity index (χ0n) is 25.1. The Bertz CT molecular complexity index is 1330. The fraction of sp³-hybridized carbons (Fsp3) is 0.500. The summed E-state index contributed by atoms with van der Waals surface area (Å²) in [5.74, 6) is 0.197. The zero-order valence-corrected chi connectivity index (χ0v) is 25.1. The molecule has 2 aromatic carbocycles. The molecule has 218 valence electrons. The van der Waals surface area contributed by atoms with Crippen LogP contribution >= 0.6 is 0 Å². The summed E-state index contributed by atoms with van der Waals surface area (Å²) in [7, 11) is 1.92. The largest absolute Gasteiger partial charge is 0.337 e. The van der Waals surface area contributed by atoms with Gasteiger partial charge in [0, 0.05) is 69.5 Å². The van der Waals surface area contributed by atoms with E-state index in [-0.39, 0.29) is 23.8 Å². The molecule has 1 saturated heterocycles. The number of benzene rings is 2. The standard InChI is InChI=1S/C34H45N5O2/c1-25(2)34(41)38-20-19-30-14-10-15-31(39(30)21-27-11-6-5-7-12-27)24-37(23-29-13-8-9-16-32(29)38)33(40)18-17-28-22-36(4)35-26(28)3/h5-9,11-13,16,22,25,30-31H,10,14-15,17-21,23-24H2,1-4H3. The summed E-state index contributed by atoms with van der Waals surface area (Å²) in [4.78, 5) is 34.3. The van der Waals surface area contributed by atoms with Gasteiger partial charge < -0.3 is 9.80 Å². The van der Waals surface area contributed by atoms with Gasteiger partial charge in [0.25, 0.3) is 0 Å². The second-order valence-corrected chi connectivity index (χ2v) is 12.1. The number of hydrogen-bond donors (Lipinski definition) is 0. The number of para-hydroxylation sites is 1. The first-order valence-electron chi connectivity index (χ1n) is 15.3. The van der Waals surface area contributed by atoms with Gasteiger partial charge in [-0.1, -0.05) is 68.8 Å². The third-order valence-electron chi connectivity index (χ3n) is 8.82. The molecule has 7 heteroatoms. The van der Waals surface area contributed by atoms with E-state index >= 15 is 0 Å². The van der Waals surface area contributed by atoms with E-state index < -0.39 is 0 Å². The van der Waals surface area contributed by atoms with E-state index in [1.165, 1.54) is 5.56 Å². The molecule has 1 aromatic heterocycles. The predicted octanol–water partition coefficient (Wildman–Crippen LogP) is 5.51. The van der Waals surface area contributed by atoms with Crippen molar-refractivity contribution < 1.29 is 9.59 Å². The van der Waals surface area contributed by atoms with Crippen LogP contribution in [0.25, 0.3) is 0 Å². The maximum Gasteiger partial charge on any atom is 0.229 e. The number of piperidine rings is 1. The summed E-state index contributed by atoms with van der Waals surface area (Å²) < 4.78 is 1.82. The SMILES string of the molecule is Cc1nn(C)cc1CCC(=O)N1Cc2ccccc2N(C(=O)C(C)C)CCC2CCCC(C1)N2Cc1ccccc1. The van der Waals surface area contributed by atoms with Gasteiger partial charge >= 0.3 is 0 Å². The zero-order chi connectivity index (χ0) is 28.9. The fourth-order valence-electron chi connectivity index (χ4n) is 6.63. The predicted molar refractivity (Wildman–Crippen MR) is 163 cm³/mol. The quantitative estimate of drug-likeness (QED) is 0.403. The summed E-state index contributed by atoms with van der Waals surface area (Å²) in [6.45, 7) is 8.70. The number of aromatic nitrogens is 2. The van der Waals surface area contributed by atoms with E-state index in [4.69, 9.17) is 0 Å². The van der Waals surface area contributed by atoms with Crippen molar-refractivity contribution in [2.45, 2.75) is 84.5 Å². The number of nitrogens with zero attached hydrogens (tertiary/aromatic N) is 5. The van der Waals surface area contributed by atoms with E-state index in [2.05, 4.69) is 57.4 Å². The highest BCUT2D eigenvalue weighted by molar-refractivity contribution is 5.95. The highest BCUT2D eigenvalue weighted by atomic mass is 16.2. The van der Waals surface area contributed by atoms with E-state index in [1.807, 2.05) is 55.7 Å². The molecule has 2 bridgehead atoms. The van der Waals surface area contributed by atoms with Gasteiger partial charge in [0.15, 0.2) is 0 Å². The second kappa shape index (κ2) is 13.0. The smallest absolute Gasteiger partial charge is 0.229 e. The Balaban J connectivity index is 1.50. The number of carbonyl (C=O) groups is 2. The Morgan fingerprint density at radius 2 is 1.71 bits per heavy atom. The molecule has 5 rings (SSSR count). The second-order valence-electron chi connectivity index (χ2n) is 12.1. The molecular formula is C34H45N5O2. The Labute approximate surface area is 245 Å². The van der Waals surface area contributed by atoms with Crippen molar-refractivity contribution in [3.05, 3.63) is 83.2 Å². The maximum atomic E-state index is 14.0. The number of rotatable bonds is 6. The molecule has 0 saturated carbocycles. The van der Waals surface area contributed by atoms with Gasteiger partial charge in [0.2, 0.25) is 11.8 Å². The minimum Gasteiger partial charge on any atom is -0.337 e. The fourth-order valence-corrected chi connectivity index (χ4v) is 6.63. The molecule has 0 spiro atoms. The van der Waals surface area contributed by atoms with Crippen molar-refractivity contribution in [1.29, 1.82) is 0 Å². The van der Waals surface area contributed by atoms with Gasteiger partial charge in [-0.3, -0.25) is 19.2 Å². The number of aryl methyl sites for hydroxylation is 3. The first-order valence-corrected chi connectivity index (χ1v) is 15.3. The third kappa shape index (κ3) is 6.89. The van der Waals surface area contributed by atoms with Crippen LogP contribution in [-0.4, -0.2) is 56.6 Å². The summed E-state index contributed by atoms with van der Waals surface area (Å²) in [5.41, 5.74) is 5.38. The lowest BCUT2D eigenvalue weighted by Crippen LogP contribution is -2.52. The first kappa shape index (κ1) is 29.1. The molecule has 0 aliphatic carbocycles. The molecule has 3 heterocycles. The summed E-state index contributed by atoms with van der Waals surface area (Å²) in [6.07, 6.45) is 7.39. The Morgan fingerprint density at radius 1 is 0.976 bits per heavy atom. The first-order chi connectivity index (χ1) is 19.8. The van der Waals surface area contributed by atoms with Crippen LogP contribution in [0.3, 0.4) is 0 Å². The van der Waals surface area contributed by atoms with Crippen molar-refractivity contribution in [3.63, 3.8) is 0 Å². The normalized spacial score (nSPS) is 20.0. The van der Waals surface area contributed by atoms with Gasteiger partial charge in [-0.15, -0.1) is 0 Å². The molecule has 3 aromatic rings. The lowest BCUT2D eigenvalue weighted by atomic mass is 9.92. The average Bonchev–Trinajstić information content (AvgIpc) is 3.29. The minimum absolute atomic E-state index is 0.104. The van der Waals surface area contributed by atoms with E-state index in [9.17, 15) is 9.59 Å². The van der Waals surface area contributed by atoms with Crippen LogP contribution in [0.4, 0.5) is 5.69 Å². The Kier molecular flexibility index (Phi) is 9.23. The Morgan fingerprint density at radius 3 is 2.44 bits per heavy atom. The van der Waals surface area contributed by atoms with Crippen LogP contribution in [0, 0.1) is 12.8 Å². The van der Waals surface area contributed by atoms with Gasteiger partial charge in [-0.2, -0.15) is 5.10 Å². The van der Waals surface area contributed by atoms with Gasteiger partial charge in [0.1, 0.15) is 0 Å². The van der Waals surface area contributed by atoms with Crippen molar-refractivity contribution >= 4 is 17.5 Å². The van der Waals surface area contributed by atoms with Crippen LogP contribution in [-0.2, 0) is 36.1 Å². The molecule has 0 radical (unpaired) electrons. The molecule has 0 N–H and O–H groups in total.